The molecule has 2 bridgehead atoms. The normalized spacial score (nSPS) is 16.5. The fourth-order valence-electron chi connectivity index (χ4n) is 7.07. The zero-order valence-electron chi connectivity index (χ0n) is 24.7. The van der Waals surface area contributed by atoms with Crippen molar-refractivity contribution in [2.24, 2.45) is 0 Å². The van der Waals surface area contributed by atoms with E-state index in [1.165, 1.54) is 53.6 Å². The third-order valence-electron chi connectivity index (χ3n) is 9.34. The first-order valence-electron chi connectivity index (χ1n) is 15.6. The van der Waals surface area contributed by atoms with Gasteiger partial charge in [0.2, 0.25) is 0 Å². The van der Waals surface area contributed by atoms with Crippen molar-refractivity contribution in [3.05, 3.63) is 157 Å². The van der Waals surface area contributed by atoms with Crippen molar-refractivity contribution in [1.82, 2.24) is 9.97 Å². The third kappa shape index (κ3) is 4.11. The van der Waals surface area contributed by atoms with Crippen LogP contribution < -0.4 is 0 Å². The van der Waals surface area contributed by atoms with Crippen molar-refractivity contribution in [3.8, 4) is 44.8 Å². The molecule has 4 heterocycles. The van der Waals surface area contributed by atoms with E-state index in [0.29, 0.717) is 10.5 Å². The van der Waals surface area contributed by atoms with Crippen LogP contribution in [0, 0.1) is 0 Å². The highest BCUT2D eigenvalue weighted by atomic mass is 32.2. The first-order chi connectivity index (χ1) is 22.8. The molecule has 2 nitrogen and oxygen atoms in total. The summed E-state index contributed by atoms with van der Waals surface area (Å²) in [4.78, 5) is 10.6. The molecule has 0 N–H and O–H groups in total. The molecule has 0 saturated heterocycles. The van der Waals surface area contributed by atoms with Crippen LogP contribution in [0.4, 0.5) is 0 Å². The Bertz CT molecular complexity index is 2500. The Hall–Kier alpha value is -5.03. The predicted octanol–water partition coefficient (Wildman–Crippen LogP) is 12.1. The van der Waals surface area contributed by atoms with E-state index >= 15 is 0 Å². The topological polar surface area (TPSA) is 25.8 Å². The number of fused-ring (bicyclic) bond motifs is 9. The van der Waals surface area contributed by atoms with Gasteiger partial charge in [0.15, 0.2) is 0 Å². The highest BCUT2D eigenvalue weighted by Crippen LogP contribution is 2.58. The van der Waals surface area contributed by atoms with E-state index < -0.39 is 0 Å². The van der Waals surface area contributed by atoms with Gasteiger partial charge in [0.05, 0.1) is 22.4 Å². The van der Waals surface area contributed by atoms with Crippen molar-refractivity contribution < 1.29 is 0 Å². The summed E-state index contributed by atoms with van der Waals surface area (Å²) in [6, 6.07) is 47.9. The standard InChI is InChI=1S/C42H26N2S2/c1-3-9-25(10-4-1)26-15-17-27(18-16-26)29-21-33-31-23-30-32(38-20-19-37(30)45-38)24-39(31)46-42(33)34(22-29)41-40(28-11-5-2-6-12-28)43-35-13-7-8-14-36(35)44-41/h1-24,37-38H. The number of para-hydroxylation sites is 2. The van der Waals surface area contributed by atoms with Crippen molar-refractivity contribution in [1.29, 1.82) is 0 Å². The van der Waals surface area contributed by atoms with E-state index in [9.17, 15) is 0 Å². The second kappa shape index (κ2) is 10.2. The first kappa shape index (κ1) is 26.2. The molecule has 0 amide bonds. The van der Waals surface area contributed by atoms with Gasteiger partial charge in [-0.2, -0.15) is 0 Å². The van der Waals surface area contributed by atoms with Crippen LogP contribution in [-0.2, 0) is 0 Å². The maximum absolute atomic E-state index is 5.36. The van der Waals surface area contributed by atoms with Crippen LogP contribution in [0.1, 0.15) is 21.6 Å². The lowest BCUT2D eigenvalue weighted by atomic mass is 9.92. The van der Waals surface area contributed by atoms with E-state index in [1.54, 1.807) is 0 Å². The zero-order chi connectivity index (χ0) is 30.2. The average molecular weight is 623 g/mol. The molecular formula is C42H26N2S2. The number of thiophene rings is 1. The molecule has 2 atom stereocenters. The van der Waals surface area contributed by atoms with Crippen molar-refractivity contribution in [2.45, 2.75) is 10.5 Å². The minimum absolute atomic E-state index is 0.462. The van der Waals surface area contributed by atoms with Crippen LogP contribution in [0.25, 0.3) is 76.0 Å². The van der Waals surface area contributed by atoms with Gasteiger partial charge in [0, 0.05) is 41.8 Å². The van der Waals surface area contributed by atoms with Gasteiger partial charge in [-0.05, 0) is 69.8 Å². The van der Waals surface area contributed by atoms with Crippen LogP contribution >= 0.6 is 23.1 Å². The lowest BCUT2D eigenvalue weighted by Gasteiger charge is -2.14. The Morgan fingerprint density at radius 2 is 1.02 bits per heavy atom. The quantitative estimate of drug-likeness (QED) is 0.183. The van der Waals surface area contributed by atoms with Gasteiger partial charge in [-0.3, -0.25) is 0 Å². The van der Waals surface area contributed by atoms with Crippen LogP contribution in [-0.4, -0.2) is 9.97 Å². The fourth-order valence-corrected chi connectivity index (χ4v) is 9.68. The lowest BCUT2D eigenvalue weighted by molar-refractivity contribution is 1.15. The number of nitrogens with zero attached hydrogens (tertiary/aromatic N) is 2. The number of hydrogen-bond donors (Lipinski definition) is 0. The van der Waals surface area contributed by atoms with Crippen LogP contribution in [0.5, 0.6) is 0 Å². The Morgan fingerprint density at radius 1 is 0.457 bits per heavy atom. The summed E-state index contributed by atoms with van der Waals surface area (Å²) in [5, 5.41) is 3.56. The molecule has 0 spiro atoms. The molecule has 0 saturated carbocycles. The Balaban J connectivity index is 1.25. The van der Waals surface area contributed by atoms with Gasteiger partial charge in [0.1, 0.15) is 0 Å². The maximum Gasteiger partial charge on any atom is 0.0987 e. The summed E-state index contributed by atoms with van der Waals surface area (Å²) in [6.07, 6.45) is 4.75. The second-order valence-electron chi connectivity index (χ2n) is 12.1. The number of benzene rings is 6. The summed E-state index contributed by atoms with van der Waals surface area (Å²) in [7, 11) is 0. The minimum Gasteiger partial charge on any atom is -0.244 e. The largest absolute Gasteiger partial charge is 0.244 e. The second-order valence-corrected chi connectivity index (χ2v) is 14.4. The van der Waals surface area contributed by atoms with Crippen molar-refractivity contribution >= 4 is 54.3 Å². The Morgan fingerprint density at radius 3 is 1.72 bits per heavy atom. The number of aromatic nitrogens is 2. The monoisotopic (exact) mass is 622 g/mol. The molecule has 0 fully saturated rings. The van der Waals surface area contributed by atoms with E-state index in [2.05, 4.69) is 145 Å². The molecule has 2 aromatic heterocycles. The van der Waals surface area contributed by atoms with E-state index in [1.807, 2.05) is 23.5 Å². The number of hydrogen-bond acceptors (Lipinski definition) is 4. The smallest absolute Gasteiger partial charge is 0.0987 e. The summed E-state index contributed by atoms with van der Waals surface area (Å²) < 4.78 is 2.60. The molecule has 4 heteroatoms. The van der Waals surface area contributed by atoms with Crippen LogP contribution in [0.3, 0.4) is 0 Å². The molecule has 0 aliphatic carbocycles. The molecule has 2 aliphatic heterocycles. The zero-order valence-corrected chi connectivity index (χ0v) is 26.4. The molecule has 8 aromatic rings. The number of thioether (sulfide) groups is 1. The number of rotatable bonds is 4. The Kier molecular flexibility index (Phi) is 5.84. The van der Waals surface area contributed by atoms with E-state index in [-0.39, 0.29) is 0 Å². The highest BCUT2D eigenvalue weighted by molar-refractivity contribution is 8.00. The van der Waals surface area contributed by atoms with Crippen LogP contribution in [0.2, 0.25) is 0 Å². The van der Waals surface area contributed by atoms with E-state index in [0.717, 1.165) is 33.5 Å². The molecule has 6 aromatic carbocycles. The molecule has 216 valence electrons. The molecular weight excluding hydrogens is 597 g/mol. The van der Waals surface area contributed by atoms with E-state index in [4.69, 9.17) is 9.97 Å². The average Bonchev–Trinajstić information content (AvgIpc) is 3.85. The van der Waals surface area contributed by atoms with Gasteiger partial charge >= 0.3 is 0 Å². The molecule has 0 radical (unpaired) electrons. The SMILES string of the molecule is C1=CC2SC1c1cc3sc4c(-c5nc6ccccc6nc5-c5ccccc5)cc(-c5ccc(-c6ccccc6)cc5)cc4c3cc12. The minimum atomic E-state index is 0.462. The molecule has 2 aliphatic rings. The van der Waals surface area contributed by atoms with Crippen molar-refractivity contribution in [2.75, 3.05) is 0 Å². The first-order valence-corrected chi connectivity index (χ1v) is 17.4. The van der Waals surface area contributed by atoms with Gasteiger partial charge < -0.3 is 0 Å². The summed E-state index contributed by atoms with van der Waals surface area (Å²) >= 11 is 3.94. The Labute approximate surface area is 275 Å². The van der Waals surface area contributed by atoms with Crippen molar-refractivity contribution in [3.63, 3.8) is 0 Å². The van der Waals surface area contributed by atoms with Gasteiger partial charge in [-0.15, -0.1) is 23.1 Å². The summed E-state index contributed by atoms with van der Waals surface area (Å²) in [5.41, 5.74) is 13.6. The molecule has 46 heavy (non-hydrogen) atoms. The molecule has 2 unspecified atom stereocenters. The summed E-state index contributed by atoms with van der Waals surface area (Å²) in [5.74, 6) is 0. The fraction of sp³-hybridized carbons (Fsp3) is 0.0476. The molecule has 10 rings (SSSR count). The third-order valence-corrected chi connectivity index (χ3v) is 12.0. The predicted molar refractivity (Wildman–Crippen MR) is 196 cm³/mol. The van der Waals surface area contributed by atoms with Gasteiger partial charge in [0.25, 0.3) is 0 Å². The van der Waals surface area contributed by atoms with Gasteiger partial charge in [-0.1, -0.05) is 109 Å². The van der Waals surface area contributed by atoms with Gasteiger partial charge in [-0.25, -0.2) is 9.97 Å². The summed E-state index contributed by atoms with van der Waals surface area (Å²) in [6.45, 7) is 0. The highest BCUT2D eigenvalue weighted by Gasteiger charge is 2.34. The lowest BCUT2D eigenvalue weighted by Crippen LogP contribution is -1.96. The maximum atomic E-state index is 5.36. The van der Waals surface area contributed by atoms with Crippen LogP contribution in [0.15, 0.2) is 146 Å².